The number of hydrogen-bond donors (Lipinski definition) is 1. The van der Waals surface area contributed by atoms with Crippen LogP contribution in [0.2, 0.25) is 0 Å². The Hall–Kier alpha value is -1.36. The summed E-state index contributed by atoms with van der Waals surface area (Å²) in [6.07, 6.45) is 78.2. The normalized spacial score (nSPS) is 12.1. The van der Waals surface area contributed by atoms with Crippen LogP contribution in [0.15, 0.2) is 12.2 Å². The predicted molar refractivity (Wildman–Crippen MR) is 307 cm³/mol. The van der Waals surface area contributed by atoms with Crippen LogP contribution >= 0.6 is 0 Å². The molecule has 0 saturated carbocycles. The smallest absolute Gasteiger partial charge is 0.306 e. The van der Waals surface area contributed by atoms with Gasteiger partial charge >= 0.3 is 11.9 Å². The first-order valence-corrected chi connectivity index (χ1v) is 32.2. The highest BCUT2D eigenvalue weighted by molar-refractivity contribution is 5.70. The molecule has 0 heterocycles. The van der Waals surface area contributed by atoms with Gasteiger partial charge in [0.25, 0.3) is 0 Å². The summed E-state index contributed by atoms with van der Waals surface area (Å²) in [5.74, 6) is -0.574. The molecule has 416 valence electrons. The topological polar surface area (TPSA) is 72.8 Å². The first-order chi connectivity index (χ1) is 34.6. The highest BCUT2D eigenvalue weighted by Crippen LogP contribution is 2.19. The molecule has 1 unspecified atom stereocenters. The van der Waals surface area contributed by atoms with Crippen molar-refractivity contribution in [2.24, 2.45) is 0 Å². The SMILES string of the molecule is CCCCCCCC/C=C\CCCCCCCCCC(=O)OC(CO)COC(=O)CCCCCCCCCCCCCCCCCCCCCCCCCCCCCCCCCCCCCCCCC. The third-order valence-corrected chi connectivity index (χ3v) is 15.1. The van der Waals surface area contributed by atoms with Gasteiger partial charge in [-0.05, 0) is 38.5 Å². The zero-order chi connectivity index (χ0) is 50.6. The Morgan fingerprint density at radius 1 is 0.314 bits per heavy atom. The summed E-state index contributed by atoms with van der Waals surface area (Å²) in [6.45, 7) is 4.19. The summed E-state index contributed by atoms with van der Waals surface area (Å²) >= 11 is 0. The molecule has 70 heavy (non-hydrogen) atoms. The fraction of sp³-hybridized carbons (Fsp3) is 0.938. The lowest BCUT2D eigenvalue weighted by molar-refractivity contribution is -0.161. The van der Waals surface area contributed by atoms with Crippen molar-refractivity contribution >= 4 is 11.9 Å². The Morgan fingerprint density at radius 2 is 0.529 bits per heavy atom. The van der Waals surface area contributed by atoms with Crippen LogP contribution in [-0.2, 0) is 19.1 Å². The molecule has 0 bridgehead atoms. The van der Waals surface area contributed by atoms with Crippen LogP contribution in [0.4, 0.5) is 0 Å². The van der Waals surface area contributed by atoms with E-state index in [1.54, 1.807) is 0 Å². The first-order valence-electron chi connectivity index (χ1n) is 32.2. The van der Waals surface area contributed by atoms with Gasteiger partial charge in [0.15, 0.2) is 6.10 Å². The van der Waals surface area contributed by atoms with Crippen molar-refractivity contribution < 1.29 is 24.2 Å². The lowest BCUT2D eigenvalue weighted by Crippen LogP contribution is -2.28. The largest absolute Gasteiger partial charge is 0.462 e. The van der Waals surface area contributed by atoms with E-state index in [0.29, 0.717) is 12.8 Å². The molecule has 0 aromatic heterocycles. The minimum atomic E-state index is -0.770. The monoisotopic (exact) mass is 987 g/mol. The second kappa shape index (κ2) is 61.9. The standard InChI is InChI=1S/C65H126O5/c1-3-5-7-9-11-13-15-17-19-21-22-23-24-25-26-27-28-29-30-31-32-33-34-35-36-37-38-39-40-41-42-44-45-47-49-51-53-55-57-59-64(67)69-62-63(61-66)70-65(68)60-58-56-54-52-50-48-46-43-20-18-16-14-12-10-8-6-4-2/h18,20,63,66H,3-17,19,21-62H2,1-2H3/b20-18-. The minimum absolute atomic E-state index is 0.0605. The molecule has 1 atom stereocenters. The fourth-order valence-corrected chi connectivity index (χ4v) is 10.2. The second-order valence-corrected chi connectivity index (χ2v) is 22.2. The number of unbranched alkanes of at least 4 members (excludes halogenated alkanes) is 51. The van der Waals surface area contributed by atoms with E-state index in [-0.39, 0.29) is 25.2 Å². The summed E-state index contributed by atoms with van der Waals surface area (Å²) in [4.78, 5) is 24.5. The van der Waals surface area contributed by atoms with E-state index in [9.17, 15) is 14.7 Å². The molecule has 0 aromatic rings. The molecule has 0 aliphatic rings. The maximum atomic E-state index is 12.3. The number of rotatable bonds is 61. The number of aliphatic hydroxyl groups is 1. The van der Waals surface area contributed by atoms with Gasteiger partial charge < -0.3 is 14.6 Å². The molecule has 0 aromatic carbocycles. The van der Waals surface area contributed by atoms with Crippen molar-refractivity contribution in [2.45, 2.75) is 380 Å². The van der Waals surface area contributed by atoms with Gasteiger partial charge in [-0.15, -0.1) is 0 Å². The van der Waals surface area contributed by atoms with Gasteiger partial charge in [0.05, 0.1) is 6.61 Å². The minimum Gasteiger partial charge on any atom is -0.462 e. The summed E-state index contributed by atoms with van der Waals surface area (Å²) in [5.41, 5.74) is 0. The Morgan fingerprint density at radius 3 is 0.771 bits per heavy atom. The van der Waals surface area contributed by atoms with Crippen molar-refractivity contribution in [3.8, 4) is 0 Å². The highest BCUT2D eigenvalue weighted by Gasteiger charge is 2.16. The van der Waals surface area contributed by atoms with E-state index in [1.807, 2.05) is 0 Å². The molecule has 0 fully saturated rings. The third kappa shape index (κ3) is 59.2. The van der Waals surface area contributed by atoms with Crippen molar-refractivity contribution in [3.63, 3.8) is 0 Å². The maximum absolute atomic E-state index is 12.3. The van der Waals surface area contributed by atoms with Crippen LogP contribution in [0.25, 0.3) is 0 Å². The van der Waals surface area contributed by atoms with Gasteiger partial charge in [0.2, 0.25) is 0 Å². The molecule has 0 amide bonds. The lowest BCUT2D eigenvalue weighted by Gasteiger charge is -2.15. The van der Waals surface area contributed by atoms with Crippen molar-refractivity contribution in [3.05, 3.63) is 12.2 Å². The number of esters is 2. The maximum Gasteiger partial charge on any atom is 0.306 e. The van der Waals surface area contributed by atoms with E-state index in [2.05, 4.69) is 26.0 Å². The predicted octanol–water partition coefficient (Wildman–Crippen LogP) is 21.9. The summed E-state index contributed by atoms with van der Waals surface area (Å²) in [5, 5.41) is 9.65. The highest BCUT2D eigenvalue weighted by atomic mass is 16.6. The van der Waals surface area contributed by atoms with E-state index in [4.69, 9.17) is 9.47 Å². The van der Waals surface area contributed by atoms with Gasteiger partial charge in [-0.2, -0.15) is 0 Å². The van der Waals surface area contributed by atoms with Gasteiger partial charge in [0, 0.05) is 12.8 Å². The molecule has 5 heteroatoms. The second-order valence-electron chi connectivity index (χ2n) is 22.2. The number of aliphatic hydroxyl groups excluding tert-OH is 1. The molecule has 1 N–H and O–H groups in total. The Bertz CT molecular complexity index is 1030. The van der Waals surface area contributed by atoms with Crippen LogP contribution in [0.3, 0.4) is 0 Å². The quantitative estimate of drug-likeness (QED) is 0.0373. The molecule has 0 aliphatic heterocycles. The average molecular weight is 988 g/mol. The van der Waals surface area contributed by atoms with Gasteiger partial charge in [-0.25, -0.2) is 0 Å². The van der Waals surface area contributed by atoms with Crippen molar-refractivity contribution in [1.29, 1.82) is 0 Å². The lowest BCUT2D eigenvalue weighted by atomic mass is 10.0. The molecule has 0 saturated heterocycles. The van der Waals surface area contributed by atoms with Gasteiger partial charge in [0.1, 0.15) is 6.61 Å². The number of ether oxygens (including phenoxy) is 2. The van der Waals surface area contributed by atoms with Crippen molar-refractivity contribution in [2.75, 3.05) is 13.2 Å². The zero-order valence-electron chi connectivity index (χ0n) is 47.8. The van der Waals surface area contributed by atoms with Gasteiger partial charge in [-0.3, -0.25) is 9.59 Å². The van der Waals surface area contributed by atoms with E-state index in [0.717, 1.165) is 32.1 Å². The number of allylic oxidation sites excluding steroid dienone is 2. The molecular formula is C65H126O5. The molecule has 0 aliphatic carbocycles. The summed E-state index contributed by atoms with van der Waals surface area (Å²) in [7, 11) is 0. The summed E-state index contributed by atoms with van der Waals surface area (Å²) in [6, 6.07) is 0. The van der Waals surface area contributed by atoms with Crippen LogP contribution in [-0.4, -0.2) is 36.4 Å². The van der Waals surface area contributed by atoms with E-state index in [1.165, 1.54) is 315 Å². The fourth-order valence-electron chi connectivity index (χ4n) is 10.2. The van der Waals surface area contributed by atoms with E-state index >= 15 is 0 Å². The number of carbonyl (C=O) groups excluding carboxylic acids is 2. The number of hydrogen-bond acceptors (Lipinski definition) is 5. The summed E-state index contributed by atoms with van der Waals surface area (Å²) < 4.78 is 10.7. The van der Waals surface area contributed by atoms with Gasteiger partial charge in [-0.1, -0.05) is 334 Å². The molecule has 0 radical (unpaired) electrons. The van der Waals surface area contributed by atoms with Crippen LogP contribution < -0.4 is 0 Å². The van der Waals surface area contributed by atoms with E-state index < -0.39 is 6.10 Å². The van der Waals surface area contributed by atoms with Crippen LogP contribution in [0.5, 0.6) is 0 Å². The first kappa shape index (κ1) is 68.6. The Balaban J connectivity index is 3.33. The molecule has 0 rings (SSSR count). The molecule has 5 nitrogen and oxygen atoms in total. The van der Waals surface area contributed by atoms with Crippen molar-refractivity contribution in [1.82, 2.24) is 0 Å². The third-order valence-electron chi connectivity index (χ3n) is 15.1. The van der Waals surface area contributed by atoms with Crippen LogP contribution in [0, 0.1) is 0 Å². The molecular weight excluding hydrogens is 861 g/mol. The average Bonchev–Trinajstić information content (AvgIpc) is 3.36. The Labute approximate surface area is 439 Å². The Kier molecular flexibility index (Phi) is 60.7. The van der Waals surface area contributed by atoms with Crippen LogP contribution in [0.1, 0.15) is 373 Å². The zero-order valence-corrected chi connectivity index (χ0v) is 47.8. The number of carbonyl (C=O) groups is 2. The molecule has 0 spiro atoms.